The maximum atomic E-state index is 13.1. The molecule has 0 bridgehead atoms. The molecule has 0 radical (unpaired) electrons. The lowest BCUT2D eigenvalue weighted by Crippen LogP contribution is -2.52. The quantitative estimate of drug-likeness (QED) is 0.328. The predicted molar refractivity (Wildman–Crippen MR) is 130 cm³/mol. The molecule has 1 unspecified atom stereocenters. The number of hydrogen-bond acceptors (Lipinski definition) is 7. The normalized spacial score (nSPS) is 17.3. The molecule has 2 aromatic heterocycles. The Hall–Kier alpha value is -4.80. The first-order chi connectivity index (χ1) is 17.9. The Kier molecular flexibility index (Phi) is 5.32. The molecule has 0 aliphatic carbocycles. The molecule has 11 nitrogen and oxygen atoms in total. The van der Waals surface area contributed by atoms with Gasteiger partial charge in [0.15, 0.2) is 0 Å². The molecule has 0 saturated carbocycles. The van der Waals surface area contributed by atoms with Gasteiger partial charge in [0, 0.05) is 41.2 Å². The number of benzene rings is 2. The number of methoxy groups -OCH3 is 1. The zero-order chi connectivity index (χ0) is 25.7. The van der Waals surface area contributed by atoms with Gasteiger partial charge in [-0.25, -0.2) is 9.48 Å². The molecule has 1 N–H and O–H groups in total. The van der Waals surface area contributed by atoms with Crippen LogP contribution >= 0.6 is 0 Å². The van der Waals surface area contributed by atoms with E-state index < -0.39 is 17.9 Å². The van der Waals surface area contributed by atoms with Crippen molar-refractivity contribution in [2.24, 2.45) is 0 Å². The zero-order valence-corrected chi connectivity index (χ0v) is 19.9. The maximum Gasteiger partial charge on any atom is 0.340 e. The van der Waals surface area contributed by atoms with E-state index in [1.54, 1.807) is 29.2 Å². The highest BCUT2D eigenvalue weighted by Gasteiger charge is 2.40. The molecular formula is C26H22N6O5. The largest absolute Gasteiger partial charge is 0.465 e. The van der Waals surface area contributed by atoms with E-state index in [9.17, 15) is 19.2 Å². The van der Waals surface area contributed by atoms with E-state index >= 15 is 0 Å². The molecule has 1 fully saturated rings. The molecule has 186 valence electrons. The molecule has 4 aromatic rings. The number of carbonyl (C=O) groups is 4. The van der Waals surface area contributed by atoms with Gasteiger partial charge in [-0.3, -0.25) is 19.7 Å². The second-order valence-electron chi connectivity index (χ2n) is 9.04. The molecule has 2 aromatic carbocycles. The summed E-state index contributed by atoms with van der Waals surface area (Å²) in [4.78, 5) is 50.8. The molecule has 37 heavy (non-hydrogen) atoms. The van der Waals surface area contributed by atoms with E-state index in [-0.39, 0.29) is 24.8 Å². The minimum Gasteiger partial charge on any atom is -0.465 e. The Morgan fingerprint density at radius 1 is 1.11 bits per heavy atom. The highest BCUT2D eigenvalue weighted by Crippen LogP contribution is 2.31. The van der Waals surface area contributed by atoms with Crippen molar-refractivity contribution in [3.05, 3.63) is 77.2 Å². The smallest absolute Gasteiger partial charge is 0.340 e. The molecule has 1 atom stereocenters. The summed E-state index contributed by atoms with van der Waals surface area (Å²) < 4.78 is 8.46. The third-order valence-corrected chi connectivity index (χ3v) is 6.87. The average molecular weight is 498 g/mol. The lowest BCUT2D eigenvalue weighted by molar-refractivity contribution is -0.136. The molecule has 6 rings (SSSR count). The molecule has 4 heterocycles. The first kappa shape index (κ1) is 22.7. The van der Waals surface area contributed by atoms with Crippen LogP contribution < -0.4 is 5.32 Å². The molecule has 11 heteroatoms. The fourth-order valence-corrected chi connectivity index (χ4v) is 5.10. The van der Waals surface area contributed by atoms with E-state index in [0.717, 1.165) is 16.5 Å². The van der Waals surface area contributed by atoms with Crippen LogP contribution in [-0.4, -0.2) is 61.3 Å². The number of rotatable bonds is 5. The van der Waals surface area contributed by atoms with Crippen LogP contribution in [0.25, 0.3) is 16.6 Å². The van der Waals surface area contributed by atoms with Crippen molar-refractivity contribution in [3.63, 3.8) is 0 Å². The van der Waals surface area contributed by atoms with Crippen LogP contribution in [0.2, 0.25) is 0 Å². The summed E-state index contributed by atoms with van der Waals surface area (Å²) in [5.41, 5.74) is 3.92. The van der Waals surface area contributed by atoms with Gasteiger partial charge in [0.25, 0.3) is 5.91 Å². The number of aromatic nitrogens is 4. The van der Waals surface area contributed by atoms with Gasteiger partial charge in [-0.05, 0) is 24.6 Å². The topological polar surface area (TPSA) is 128 Å². The number of esters is 1. The number of imide groups is 1. The lowest BCUT2D eigenvalue weighted by Gasteiger charge is -2.29. The minimum absolute atomic E-state index is 0.196. The fraction of sp³-hybridized carbons (Fsp3) is 0.231. The Balaban J connectivity index is 1.29. The summed E-state index contributed by atoms with van der Waals surface area (Å²) in [6, 6.07) is 12.2. The lowest BCUT2D eigenvalue weighted by atomic mass is 10.0. The van der Waals surface area contributed by atoms with Crippen LogP contribution in [0.3, 0.4) is 0 Å². The minimum atomic E-state index is -0.692. The number of nitrogens with zero attached hydrogens (tertiary/aromatic N) is 5. The van der Waals surface area contributed by atoms with E-state index in [0.29, 0.717) is 35.5 Å². The number of hydrogen-bond donors (Lipinski definition) is 1. The number of amides is 3. The van der Waals surface area contributed by atoms with Crippen LogP contribution in [0.5, 0.6) is 0 Å². The van der Waals surface area contributed by atoms with Gasteiger partial charge in [0.05, 0.1) is 31.1 Å². The summed E-state index contributed by atoms with van der Waals surface area (Å²) in [5, 5.41) is 11.7. The van der Waals surface area contributed by atoms with Crippen molar-refractivity contribution in [1.82, 2.24) is 29.8 Å². The van der Waals surface area contributed by atoms with Crippen molar-refractivity contribution in [2.75, 3.05) is 7.11 Å². The summed E-state index contributed by atoms with van der Waals surface area (Å²) in [6.07, 6.45) is 4.01. The monoisotopic (exact) mass is 498 g/mol. The average Bonchev–Trinajstić information content (AvgIpc) is 3.60. The summed E-state index contributed by atoms with van der Waals surface area (Å²) >= 11 is 0. The Bertz CT molecular complexity index is 1600. The Labute approximate surface area is 210 Å². The van der Waals surface area contributed by atoms with Crippen molar-refractivity contribution >= 4 is 34.6 Å². The van der Waals surface area contributed by atoms with Crippen molar-refractivity contribution in [2.45, 2.75) is 32.0 Å². The van der Waals surface area contributed by atoms with Gasteiger partial charge in [-0.1, -0.05) is 29.5 Å². The summed E-state index contributed by atoms with van der Waals surface area (Å²) in [6.45, 7) is 0.602. The van der Waals surface area contributed by atoms with Gasteiger partial charge in [-0.15, -0.1) is 5.10 Å². The molecule has 1 saturated heterocycles. The van der Waals surface area contributed by atoms with Crippen molar-refractivity contribution in [3.8, 4) is 5.69 Å². The summed E-state index contributed by atoms with van der Waals surface area (Å²) in [5.74, 6) is -1.44. The molecule has 2 aliphatic heterocycles. The predicted octanol–water partition coefficient (Wildman–Crippen LogP) is 1.82. The van der Waals surface area contributed by atoms with E-state index in [1.165, 1.54) is 12.0 Å². The molecular weight excluding hydrogens is 476 g/mol. The number of carbonyl (C=O) groups excluding carboxylic acids is 4. The second-order valence-corrected chi connectivity index (χ2v) is 9.04. The Morgan fingerprint density at radius 2 is 1.95 bits per heavy atom. The van der Waals surface area contributed by atoms with Crippen LogP contribution in [0.15, 0.2) is 54.9 Å². The van der Waals surface area contributed by atoms with Gasteiger partial charge in [-0.2, -0.15) is 0 Å². The highest BCUT2D eigenvalue weighted by molar-refractivity contribution is 6.06. The number of nitrogens with one attached hydrogen (secondary N) is 1. The molecule has 0 spiro atoms. The zero-order valence-electron chi connectivity index (χ0n) is 19.9. The standard InChI is InChI=1S/C26H22N6O5/c1-37-26(36)19-13-30(20-7-3-2-5-16(19)20)11-15-12-32(29-28-15)21-8-4-6-17-18(21)14-31(25(17)35)22-9-10-23(33)27-24(22)34/h2-8,12-13,22H,9-11,14H2,1H3,(H,27,33,34). The van der Waals surface area contributed by atoms with E-state index in [1.807, 2.05) is 34.9 Å². The van der Waals surface area contributed by atoms with Crippen LogP contribution in [0.1, 0.15) is 44.8 Å². The number of para-hydroxylation sites is 1. The fourth-order valence-electron chi connectivity index (χ4n) is 5.10. The van der Waals surface area contributed by atoms with E-state index in [2.05, 4.69) is 15.6 Å². The van der Waals surface area contributed by atoms with Crippen molar-refractivity contribution in [1.29, 1.82) is 0 Å². The number of piperidine rings is 1. The molecule has 3 amide bonds. The van der Waals surface area contributed by atoms with Gasteiger partial charge in [0.2, 0.25) is 11.8 Å². The Morgan fingerprint density at radius 3 is 2.76 bits per heavy atom. The number of ether oxygens (including phenoxy) is 1. The van der Waals surface area contributed by atoms with Gasteiger partial charge < -0.3 is 14.2 Å². The first-order valence-electron chi connectivity index (χ1n) is 11.8. The SMILES string of the molecule is COC(=O)c1cn(Cc2cn(-c3cccc4c3CN(C3CCC(=O)NC3=O)C4=O)nn2)c2ccccc12. The van der Waals surface area contributed by atoms with E-state index in [4.69, 9.17) is 4.74 Å². The number of fused-ring (bicyclic) bond motifs is 2. The summed E-state index contributed by atoms with van der Waals surface area (Å²) in [7, 11) is 1.35. The molecule has 2 aliphatic rings. The van der Waals surface area contributed by atoms with Crippen LogP contribution in [-0.2, 0) is 27.4 Å². The van der Waals surface area contributed by atoms with Gasteiger partial charge >= 0.3 is 5.97 Å². The highest BCUT2D eigenvalue weighted by atomic mass is 16.5. The van der Waals surface area contributed by atoms with Crippen LogP contribution in [0.4, 0.5) is 0 Å². The van der Waals surface area contributed by atoms with Crippen LogP contribution in [0, 0.1) is 0 Å². The van der Waals surface area contributed by atoms with Gasteiger partial charge in [0.1, 0.15) is 11.7 Å². The third-order valence-electron chi connectivity index (χ3n) is 6.87. The maximum absolute atomic E-state index is 13.1. The third kappa shape index (κ3) is 3.75. The van der Waals surface area contributed by atoms with Crippen molar-refractivity contribution < 1.29 is 23.9 Å². The first-order valence-corrected chi connectivity index (χ1v) is 11.8. The second kappa shape index (κ2) is 8.70.